The molecule has 0 spiro atoms. The molecule has 3 aromatic rings. The summed E-state index contributed by atoms with van der Waals surface area (Å²) in [6.45, 7) is 4.01. The fourth-order valence-electron chi connectivity index (χ4n) is 3.04. The number of aryl methyl sites for hydroxylation is 1. The fraction of sp³-hybridized carbons (Fsp3) is 0.190. The lowest BCUT2D eigenvalue weighted by atomic mass is 10.2. The van der Waals surface area contributed by atoms with Gasteiger partial charge in [-0.25, -0.2) is 10.1 Å². The molecule has 0 fully saturated rings. The Morgan fingerprint density at radius 1 is 1.14 bits per heavy atom. The number of benzene rings is 2. The van der Waals surface area contributed by atoms with Crippen LogP contribution in [0.2, 0.25) is 0 Å². The Balaban J connectivity index is 1.44. The number of amides is 1. The quantitative estimate of drug-likeness (QED) is 0.561. The predicted octanol–water partition coefficient (Wildman–Crippen LogP) is 2.78. The van der Waals surface area contributed by atoms with E-state index in [9.17, 15) is 4.79 Å². The van der Waals surface area contributed by atoms with Gasteiger partial charge in [0.25, 0.3) is 5.91 Å². The number of carbonyl (C=O) groups is 1. The number of rotatable bonds is 4. The molecule has 0 bridgehead atoms. The average Bonchev–Trinajstić information content (AvgIpc) is 3.02. The van der Waals surface area contributed by atoms with Crippen LogP contribution in [0.25, 0.3) is 5.69 Å². The van der Waals surface area contributed by atoms with E-state index in [2.05, 4.69) is 15.6 Å². The van der Waals surface area contributed by atoms with Gasteiger partial charge in [-0.15, -0.1) is 0 Å². The maximum absolute atomic E-state index is 12.3. The van der Waals surface area contributed by atoms with Crippen molar-refractivity contribution in [3.63, 3.8) is 0 Å². The maximum Gasteiger partial charge on any atom is 0.284 e. The molecule has 0 saturated carbocycles. The molecule has 0 radical (unpaired) electrons. The molecule has 1 aromatic heterocycles. The first-order valence-corrected chi connectivity index (χ1v) is 8.96. The van der Waals surface area contributed by atoms with Crippen LogP contribution in [0.5, 0.6) is 11.5 Å². The van der Waals surface area contributed by atoms with Crippen molar-refractivity contribution in [2.24, 2.45) is 5.10 Å². The molecule has 1 N–H and O–H groups in total. The Morgan fingerprint density at radius 2 is 1.86 bits per heavy atom. The van der Waals surface area contributed by atoms with Crippen LogP contribution in [0.1, 0.15) is 17.0 Å². The Kier molecular flexibility index (Phi) is 4.80. The highest BCUT2D eigenvalue weighted by molar-refractivity contribution is 5.86. The van der Waals surface area contributed by atoms with Gasteiger partial charge in [-0.1, -0.05) is 30.3 Å². The highest BCUT2D eigenvalue weighted by Crippen LogP contribution is 2.30. The van der Waals surface area contributed by atoms with Gasteiger partial charge in [-0.3, -0.25) is 4.79 Å². The van der Waals surface area contributed by atoms with Crippen LogP contribution < -0.4 is 14.9 Å². The number of carbonyl (C=O) groups excluding carboxylic acids is 1. The molecule has 1 atom stereocenters. The lowest BCUT2D eigenvalue weighted by molar-refractivity contribution is -0.130. The molecule has 0 saturated heterocycles. The zero-order valence-electron chi connectivity index (χ0n) is 15.6. The van der Waals surface area contributed by atoms with Crippen LogP contribution >= 0.6 is 0 Å². The standard InChI is InChI=1S/C21H20N4O3/c1-14-17(15(2)25(24-14)16-8-4-3-5-9-16)12-22-23-21(26)20-13-27-18-10-6-7-11-19(18)28-20/h3-12,20H,13H2,1-2H3,(H,23,26)/b22-12+. The second-order valence-corrected chi connectivity index (χ2v) is 6.43. The van der Waals surface area contributed by atoms with Crippen LogP contribution in [0.3, 0.4) is 0 Å². The molecule has 142 valence electrons. The monoisotopic (exact) mass is 376 g/mol. The highest BCUT2D eigenvalue weighted by atomic mass is 16.6. The molecule has 4 rings (SSSR count). The molecule has 1 unspecified atom stereocenters. The fourth-order valence-corrected chi connectivity index (χ4v) is 3.04. The van der Waals surface area contributed by atoms with Gasteiger partial charge in [-0.05, 0) is 38.1 Å². The van der Waals surface area contributed by atoms with Gasteiger partial charge < -0.3 is 9.47 Å². The van der Waals surface area contributed by atoms with Crippen LogP contribution in [0.4, 0.5) is 0 Å². The second-order valence-electron chi connectivity index (χ2n) is 6.43. The minimum atomic E-state index is -0.749. The number of hydrazone groups is 1. The van der Waals surface area contributed by atoms with E-state index in [-0.39, 0.29) is 12.5 Å². The summed E-state index contributed by atoms with van der Waals surface area (Å²) in [6.07, 6.45) is 0.855. The SMILES string of the molecule is Cc1nn(-c2ccccc2)c(C)c1/C=N/NC(=O)C1COc2ccccc2O1. The summed E-state index contributed by atoms with van der Waals surface area (Å²) in [5.41, 5.74) is 6.11. The third-order valence-corrected chi connectivity index (χ3v) is 4.52. The highest BCUT2D eigenvalue weighted by Gasteiger charge is 2.27. The van der Waals surface area contributed by atoms with Crippen LogP contribution in [0.15, 0.2) is 59.7 Å². The molecule has 7 heteroatoms. The number of aromatic nitrogens is 2. The largest absolute Gasteiger partial charge is 0.485 e. The summed E-state index contributed by atoms with van der Waals surface area (Å²) in [5.74, 6) is 0.819. The van der Waals surface area contributed by atoms with Gasteiger partial charge in [-0.2, -0.15) is 10.2 Å². The Bertz CT molecular complexity index is 1030. The topological polar surface area (TPSA) is 77.7 Å². The molecule has 1 aliphatic heterocycles. The molecule has 1 amide bonds. The van der Waals surface area contributed by atoms with Crippen LogP contribution in [-0.2, 0) is 4.79 Å². The van der Waals surface area contributed by atoms with Gasteiger partial charge >= 0.3 is 0 Å². The first-order valence-electron chi connectivity index (χ1n) is 8.96. The van der Waals surface area contributed by atoms with Crippen LogP contribution in [0, 0.1) is 13.8 Å². The normalized spacial score (nSPS) is 15.6. The minimum absolute atomic E-state index is 0.141. The van der Waals surface area contributed by atoms with Gasteiger partial charge in [0.05, 0.1) is 23.3 Å². The summed E-state index contributed by atoms with van der Waals surface area (Å²) in [6, 6.07) is 17.1. The van der Waals surface area contributed by atoms with Gasteiger partial charge in [0, 0.05) is 5.56 Å². The minimum Gasteiger partial charge on any atom is -0.485 e. The maximum atomic E-state index is 12.3. The number of fused-ring (bicyclic) bond motifs is 1. The number of hydrogen-bond donors (Lipinski definition) is 1. The molecule has 28 heavy (non-hydrogen) atoms. The van der Waals surface area contributed by atoms with E-state index in [0.29, 0.717) is 11.5 Å². The third-order valence-electron chi connectivity index (χ3n) is 4.52. The lowest BCUT2D eigenvalue weighted by Gasteiger charge is -2.24. The van der Waals surface area contributed by atoms with Crippen molar-refractivity contribution in [1.29, 1.82) is 0 Å². The summed E-state index contributed by atoms with van der Waals surface area (Å²) in [5, 5.41) is 8.65. The molecular formula is C21H20N4O3. The van der Waals surface area contributed by atoms with E-state index in [1.165, 1.54) is 0 Å². The first-order chi connectivity index (χ1) is 13.6. The van der Waals surface area contributed by atoms with Crippen molar-refractivity contribution < 1.29 is 14.3 Å². The zero-order chi connectivity index (χ0) is 19.5. The smallest absolute Gasteiger partial charge is 0.284 e. The van der Waals surface area contributed by atoms with Gasteiger partial charge in [0.15, 0.2) is 11.5 Å². The molecule has 2 aromatic carbocycles. The van der Waals surface area contributed by atoms with E-state index in [1.54, 1.807) is 18.3 Å². The number of nitrogens with one attached hydrogen (secondary N) is 1. The van der Waals surface area contributed by atoms with Gasteiger partial charge in [0.1, 0.15) is 6.61 Å². The number of ether oxygens (including phenoxy) is 2. The molecular weight excluding hydrogens is 356 g/mol. The number of nitrogens with zero attached hydrogens (tertiary/aromatic N) is 3. The van der Waals surface area contributed by atoms with Gasteiger partial charge in [0.2, 0.25) is 6.10 Å². The zero-order valence-corrected chi connectivity index (χ0v) is 15.6. The summed E-state index contributed by atoms with van der Waals surface area (Å²) >= 11 is 0. The van der Waals surface area contributed by atoms with Crippen molar-refractivity contribution >= 4 is 12.1 Å². The van der Waals surface area contributed by atoms with Crippen molar-refractivity contribution in [2.45, 2.75) is 20.0 Å². The molecule has 1 aliphatic rings. The van der Waals surface area contributed by atoms with Crippen molar-refractivity contribution in [2.75, 3.05) is 6.61 Å². The Morgan fingerprint density at radius 3 is 2.64 bits per heavy atom. The Hall–Kier alpha value is -3.61. The van der Waals surface area contributed by atoms with Crippen LogP contribution in [-0.4, -0.2) is 34.6 Å². The van der Waals surface area contributed by atoms with Crippen molar-refractivity contribution in [3.05, 3.63) is 71.5 Å². The summed E-state index contributed by atoms with van der Waals surface area (Å²) < 4.78 is 13.1. The van der Waals surface area contributed by atoms with E-state index in [4.69, 9.17) is 9.47 Å². The van der Waals surface area contributed by atoms with E-state index < -0.39 is 6.10 Å². The second kappa shape index (κ2) is 7.56. The number of hydrogen-bond acceptors (Lipinski definition) is 5. The van der Waals surface area contributed by atoms with Crippen molar-refractivity contribution in [1.82, 2.24) is 15.2 Å². The number of para-hydroxylation sites is 3. The lowest BCUT2D eigenvalue weighted by Crippen LogP contribution is -2.42. The van der Waals surface area contributed by atoms with E-state index in [1.807, 2.05) is 61.0 Å². The summed E-state index contributed by atoms with van der Waals surface area (Å²) in [7, 11) is 0. The molecule has 2 heterocycles. The van der Waals surface area contributed by atoms with E-state index in [0.717, 1.165) is 22.6 Å². The predicted molar refractivity (Wildman–Crippen MR) is 105 cm³/mol. The third kappa shape index (κ3) is 3.46. The summed E-state index contributed by atoms with van der Waals surface area (Å²) in [4.78, 5) is 12.3. The van der Waals surface area contributed by atoms with Crippen molar-refractivity contribution in [3.8, 4) is 17.2 Å². The first kappa shape index (κ1) is 17.8. The molecule has 0 aliphatic carbocycles. The van der Waals surface area contributed by atoms with E-state index >= 15 is 0 Å². The average molecular weight is 376 g/mol. The molecule has 7 nitrogen and oxygen atoms in total. The Labute approximate surface area is 162 Å².